The van der Waals surface area contributed by atoms with Crippen molar-refractivity contribution in [2.24, 2.45) is 0 Å². The number of ether oxygens (including phenoxy) is 6. The molecule has 8 heteroatoms. The summed E-state index contributed by atoms with van der Waals surface area (Å²) in [5.74, 6) is 2.86. The number of hydrogen-bond donors (Lipinski definition) is 1. The van der Waals surface area contributed by atoms with Crippen molar-refractivity contribution in [2.75, 3.05) is 53.7 Å². The van der Waals surface area contributed by atoms with E-state index in [0.717, 1.165) is 65.9 Å². The fourth-order valence-corrected chi connectivity index (χ4v) is 6.11. The minimum atomic E-state index is 0.0560. The van der Waals surface area contributed by atoms with Crippen LogP contribution in [0.15, 0.2) is 72.1 Å². The number of benzene rings is 3. The molecule has 43 heavy (non-hydrogen) atoms. The van der Waals surface area contributed by atoms with Gasteiger partial charge in [-0.2, -0.15) is 0 Å². The highest BCUT2D eigenvalue weighted by Gasteiger charge is 2.27. The Morgan fingerprint density at radius 2 is 1.67 bits per heavy atom. The van der Waals surface area contributed by atoms with E-state index in [1.54, 1.807) is 25.6 Å². The van der Waals surface area contributed by atoms with E-state index in [-0.39, 0.29) is 6.10 Å². The molecular weight excluding hydrogens is 562 g/mol. The van der Waals surface area contributed by atoms with E-state index in [1.165, 1.54) is 10.4 Å². The number of methoxy groups -OCH3 is 2. The average molecular weight is 606 g/mol. The van der Waals surface area contributed by atoms with Crippen LogP contribution in [0.4, 0.5) is 0 Å². The summed E-state index contributed by atoms with van der Waals surface area (Å²) in [5, 5.41) is 7.65. The Hall–Kier alpha value is -3.14. The van der Waals surface area contributed by atoms with Gasteiger partial charge in [0.05, 0.1) is 46.2 Å². The first kappa shape index (κ1) is 31.3. The third-order valence-electron chi connectivity index (χ3n) is 7.67. The Morgan fingerprint density at radius 3 is 2.49 bits per heavy atom. The smallest absolute Gasteiger partial charge is 0.127 e. The Labute approximate surface area is 259 Å². The summed E-state index contributed by atoms with van der Waals surface area (Å²) < 4.78 is 35.4. The molecule has 7 nitrogen and oxygen atoms in total. The second-order valence-electron chi connectivity index (χ2n) is 10.7. The lowest BCUT2D eigenvalue weighted by Gasteiger charge is -2.32. The zero-order valence-corrected chi connectivity index (χ0v) is 26.0. The van der Waals surface area contributed by atoms with Gasteiger partial charge in [0.2, 0.25) is 0 Å². The predicted molar refractivity (Wildman–Crippen MR) is 172 cm³/mol. The van der Waals surface area contributed by atoms with Crippen LogP contribution in [0.2, 0.25) is 0 Å². The van der Waals surface area contributed by atoms with Crippen molar-refractivity contribution < 1.29 is 28.4 Å². The number of rotatable bonds is 17. The molecule has 0 saturated carbocycles. The molecule has 4 aromatic rings. The van der Waals surface area contributed by atoms with Crippen LogP contribution in [0.5, 0.6) is 17.2 Å². The topological polar surface area (TPSA) is 67.4 Å². The highest BCUT2D eigenvalue weighted by atomic mass is 32.1. The molecule has 0 spiro atoms. The molecule has 1 aromatic heterocycles. The Morgan fingerprint density at radius 1 is 0.814 bits per heavy atom. The van der Waals surface area contributed by atoms with Gasteiger partial charge in [0.1, 0.15) is 17.2 Å². The van der Waals surface area contributed by atoms with Gasteiger partial charge in [0.15, 0.2) is 0 Å². The quantitative estimate of drug-likeness (QED) is 0.130. The van der Waals surface area contributed by atoms with Crippen LogP contribution >= 0.6 is 11.3 Å². The SMILES string of the molecule is COCCCOc1cc(COC2CNCCC2c2ccc(OCCCOCc3cccs3)cc2)cc2c(OC)cccc12. The van der Waals surface area contributed by atoms with Crippen molar-refractivity contribution >= 4 is 22.1 Å². The lowest BCUT2D eigenvalue weighted by Crippen LogP contribution is -2.40. The fraction of sp³-hybridized carbons (Fsp3) is 0.429. The minimum Gasteiger partial charge on any atom is -0.496 e. The Kier molecular flexibility index (Phi) is 12.1. The molecule has 3 aromatic carbocycles. The number of hydrogen-bond acceptors (Lipinski definition) is 8. The second-order valence-corrected chi connectivity index (χ2v) is 11.7. The molecule has 1 aliphatic rings. The monoisotopic (exact) mass is 605 g/mol. The summed E-state index contributed by atoms with van der Waals surface area (Å²) in [7, 11) is 3.41. The molecule has 2 atom stereocenters. The summed E-state index contributed by atoms with van der Waals surface area (Å²) in [5.41, 5.74) is 2.34. The van der Waals surface area contributed by atoms with Gasteiger partial charge < -0.3 is 33.7 Å². The van der Waals surface area contributed by atoms with Crippen LogP contribution in [0.3, 0.4) is 0 Å². The van der Waals surface area contributed by atoms with Crippen LogP contribution in [0.25, 0.3) is 10.8 Å². The standard InChI is InChI=1S/C35H43NO6S/c1-37-16-5-19-41-34-22-26(21-32-31(34)8-3-9-33(32)38-2)24-42-35-23-36-15-14-30(35)27-10-12-28(13-11-27)40-18-6-17-39-25-29-7-4-20-43-29/h3-4,7-13,20-22,30,35-36H,5-6,14-19,23-25H2,1-2H3. The van der Waals surface area contributed by atoms with E-state index >= 15 is 0 Å². The molecular formula is C35H43NO6S. The molecule has 2 heterocycles. The maximum absolute atomic E-state index is 6.59. The molecule has 1 N–H and O–H groups in total. The molecule has 0 bridgehead atoms. The summed E-state index contributed by atoms with van der Waals surface area (Å²) >= 11 is 1.72. The van der Waals surface area contributed by atoms with Gasteiger partial charge in [-0.3, -0.25) is 0 Å². The third-order valence-corrected chi connectivity index (χ3v) is 8.52. The number of fused-ring (bicyclic) bond motifs is 1. The van der Waals surface area contributed by atoms with E-state index in [2.05, 4.69) is 65.3 Å². The van der Waals surface area contributed by atoms with Crippen LogP contribution < -0.4 is 19.5 Å². The van der Waals surface area contributed by atoms with Gasteiger partial charge in [-0.25, -0.2) is 0 Å². The lowest BCUT2D eigenvalue weighted by atomic mass is 9.87. The molecule has 1 fully saturated rings. The normalized spacial score (nSPS) is 16.8. The highest BCUT2D eigenvalue weighted by Crippen LogP contribution is 2.35. The predicted octanol–water partition coefficient (Wildman–Crippen LogP) is 6.97. The van der Waals surface area contributed by atoms with Gasteiger partial charge >= 0.3 is 0 Å². The maximum Gasteiger partial charge on any atom is 0.127 e. The van der Waals surface area contributed by atoms with E-state index in [9.17, 15) is 0 Å². The summed E-state index contributed by atoms with van der Waals surface area (Å²) in [6, 6.07) is 23.0. The Bertz CT molecular complexity index is 1380. The summed E-state index contributed by atoms with van der Waals surface area (Å²) in [4.78, 5) is 1.25. The van der Waals surface area contributed by atoms with Crippen LogP contribution in [-0.2, 0) is 27.4 Å². The molecule has 2 unspecified atom stereocenters. The van der Waals surface area contributed by atoms with Gasteiger partial charge in [0.25, 0.3) is 0 Å². The lowest BCUT2D eigenvalue weighted by molar-refractivity contribution is 0.0106. The van der Waals surface area contributed by atoms with E-state index in [1.807, 2.05) is 12.1 Å². The third kappa shape index (κ3) is 8.94. The summed E-state index contributed by atoms with van der Waals surface area (Å²) in [6.07, 6.45) is 2.76. The van der Waals surface area contributed by atoms with Gasteiger partial charge in [0, 0.05) is 54.7 Å². The first-order valence-corrected chi connectivity index (χ1v) is 16.0. The van der Waals surface area contributed by atoms with Crippen molar-refractivity contribution in [2.45, 2.75) is 44.5 Å². The zero-order valence-electron chi connectivity index (χ0n) is 25.2. The zero-order chi connectivity index (χ0) is 29.7. The second kappa shape index (κ2) is 16.6. The molecule has 5 rings (SSSR count). The highest BCUT2D eigenvalue weighted by molar-refractivity contribution is 7.09. The first-order valence-electron chi connectivity index (χ1n) is 15.1. The molecule has 0 amide bonds. The van der Waals surface area contributed by atoms with Gasteiger partial charge in [-0.1, -0.05) is 30.3 Å². The van der Waals surface area contributed by atoms with Crippen molar-refractivity contribution in [3.8, 4) is 17.2 Å². The van der Waals surface area contributed by atoms with E-state index in [4.69, 9.17) is 28.4 Å². The fourth-order valence-electron chi connectivity index (χ4n) is 5.47. The van der Waals surface area contributed by atoms with Crippen molar-refractivity contribution in [1.82, 2.24) is 5.32 Å². The van der Waals surface area contributed by atoms with E-state index < -0.39 is 0 Å². The van der Waals surface area contributed by atoms with Gasteiger partial charge in [-0.15, -0.1) is 11.3 Å². The largest absolute Gasteiger partial charge is 0.496 e. The molecule has 0 radical (unpaired) electrons. The van der Waals surface area contributed by atoms with Gasteiger partial charge in [-0.05, 0) is 65.9 Å². The molecule has 0 aliphatic carbocycles. The van der Waals surface area contributed by atoms with Crippen molar-refractivity contribution in [3.05, 3.63) is 88.1 Å². The molecule has 1 aliphatic heterocycles. The average Bonchev–Trinajstić information content (AvgIpc) is 3.57. The number of thiophene rings is 1. The summed E-state index contributed by atoms with van der Waals surface area (Å²) in [6.45, 7) is 5.52. The van der Waals surface area contributed by atoms with Crippen LogP contribution in [-0.4, -0.2) is 59.8 Å². The maximum atomic E-state index is 6.59. The van der Waals surface area contributed by atoms with E-state index in [0.29, 0.717) is 45.6 Å². The Balaban J connectivity index is 1.17. The number of piperidine rings is 1. The molecule has 230 valence electrons. The van der Waals surface area contributed by atoms with Crippen molar-refractivity contribution in [1.29, 1.82) is 0 Å². The van der Waals surface area contributed by atoms with Crippen LogP contribution in [0.1, 0.15) is 41.2 Å². The van der Waals surface area contributed by atoms with Crippen molar-refractivity contribution in [3.63, 3.8) is 0 Å². The van der Waals surface area contributed by atoms with Crippen LogP contribution in [0, 0.1) is 0 Å². The molecule has 1 saturated heterocycles. The first-order chi connectivity index (χ1) is 21.2. The number of nitrogens with one attached hydrogen (secondary N) is 1. The minimum absolute atomic E-state index is 0.0560.